The summed E-state index contributed by atoms with van der Waals surface area (Å²) in [6.45, 7) is 4.68. The standard InChI is InChI=1S/C22H23F3N2O3/c1-13-3-4-16(11-14(13)2)30-12-19(28)27-9-7-15(8-10-27)26-22(29)17-5-6-18(23)21(25)20(17)24/h3-6,11,15H,7-10,12H2,1-2H3,(H,26,29). The molecule has 8 heteroatoms. The molecule has 1 aliphatic rings. The highest BCUT2D eigenvalue weighted by Crippen LogP contribution is 2.18. The van der Waals surface area contributed by atoms with Crippen LogP contribution in [0, 0.1) is 31.3 Å². The van der Waals surface area contributed by atoms with E-state index in [9.17, 15) is 22.8 Å². The monoisotopic (exact) mass is 420 g/mol. The summed E-state index contributed by atoms with van der Waals surface area (Å²) in [6.07, 6.45) is 0.929. The topological polar surface area (TPSA) is 58.6 Å². The average molecular weight is 420 g/mol. The highest BCUT2D eigenvalue weighted by Gasteiger charge is 2.26. The van der Waals surface area contributed by atoms with Gasteiger partial charge in [-0.3, -0.25) is 9.59 Å². The lowest BCUT2D eigenvalue weighted by molar-refractivity contribution is -0.134. The van der Waals surface area contributed by atoms with Crippen molar-refractivity contribution in [3.8, 4) is 5.75 Å². The van der Waals surface area contributed by atoms with Gasteiger partial charge in [-0.05, 0) is 62.1 Å². The van der Waals surface area contributed by atoms with E-state index in [1.54, 1.807) is 4.90 Å². The third-order valence-electron chi connectivity index (χ3n) is 5.30. The van der Waals surface area contributed by atoms with Crippen molar-refractivity contribution in [1.82, 2.24) is 10.2 Å². The molecule has 2 amide bonds. The molecule has 0 radical (unpaired) electrons. The Hall–Kier alpha value is -3.03. The molecule has 1 fully saturated rings. The smallest absolute Gasteiger partial charge is 0.260 e. The van der Waals surface area contributed by atoms with E-state index in [2.05, 4.69) is 5.32 Å². The largest absolute Gasteiger partial charge is 0.484 e. The van der Waals surface area contributed by atoms with Crippen molar-refractivity contribution in [2.45, 2.75) is 32.7 Å². The Labute approximate surface area is 172 Å². The molecule has 1 aliphatic heterocycles. The number of hydrogen-bond acceptors (Lipinski definition) is 3. The van der Waals surface area contributed by atoms with E-state index in [0.717, 1.165) is 17.2 Å². The van der Waals surface area contributed by atoms with E-state index in [0.29, 0.717) is 37.7 Å². The Morgan fingerprint density at radius 3 is 2.40 bits per heavy atom. The molecule has 2 aromatic carbocycles. The summed E-state index contributed by atoms with van der Waals surface area (Å²) in [7, 11) is 0. The van der Waals surface area contributed by atoms with E-state index in [1.807, 2.05) is 32.0 Å². The fourth-order valence-electron chi connectivity index (χ4n) is 3.28. The van der Waals surface area contributed by atoms with Gasteiger partial charge in [0.1, 0.15) is 5.75 Å². The van der Waals surface area contributed by atoms with Gasteiger partial charge in [0.2, 0.25) is 0 Å². The second-order valence-electron chi connectivity index (χ2n) is 7.39. The normalized spacial score (nSPS) is 14.5. The molecule has 0 aromatic heterocycles. The summed E-state index contributed by atoms with van der Waals surface area (Å²) in [5.74, 6) is -4.88. The first-order chi connectivity index (χ1) is 14.3. The van der Waals surface area contributed by atoms with Crippen molar-refractivity contribution in [2.75, 3.05) is 19.7 Å². The molecule has 30 heavy (non-hydrogen) atoms. The molecule has 3 rings (SSSR count). The zero-order chi connectivity index (χ0) is 21.8. The van der Waals surface area contributed by atoms with Gasteiger partial charge in [-0.25, -0.2) is 13.2 Å². The van der Waals surface area contributed by atoms with Gasteiger partial charge in [0, 0.05) is 19.1 Å². The number of aryl methyl sites for hydroxylation is 2. The second kappa shape index (κ2) is 9.19. The minimum Gasteiger partial charge on any atom is -0.484 e. The zero-order valence-electron chi connectivity index (χ0n) is 16.8. The van der Waals surface area contributed by atoms with Crippen LogP contribution in [0.5, 0.6) is 5.75 Å². The van der Waals surface area contributed by atoms with Crippen LogP contribution in [-0.4, -0.2) is 42.5 Å². The van der Waals surface area contributed by atoms with Gasteiger partial charge in [0.25, 0.3) is 11.8 Å². The van der Waals surface area contributed by atoms with Crippen LogP contribution in [0.15, 0.2) is 30.3 Å². The maximum Gasteiger partial charge on any atom is 0.260 e. The van der Waals surface area contributed by atoms with Gasteiger partial charge >= 0.3 is 0 Å². The van der Waals surface area contributed by atoms with Crippen LogP contribution in [-0.2, 0) is 4.79 Å². The summed E-state index contributed by atoms with van der Waals surface area (Å²) in [5.41, 5.74) is 1.67. The van der Waals surface area contributed by atoms with Crippen molar-refractivity contribution < 1.29 is 27.5 Å². The van der Waals surface area contributed by atoms with E-state index < -0.39 is 28.9 Å². The Morgan fingerprint density at radius 2 is 1.73 bits per heavy atom. The maximum absolute atomic E-state index is 13.8. The third-order valence-corrected chi connectivity index (χ3v) is 5.30. The van der Waals surface area contributed by atoms with Crippen LogP contribution in [0.4, 0.5) is 13.2 Å². The lowest BCUT2D eigenvalue weighted by Gasteiger charge is -2.32. The molecular formula is C22H23F3N2O3. The molecule has 1 N–H and O–H groups in total. The van der Waals surface area contributed by atoms with E-state index >= 15 is 0 Å². The fraction of sp³-hybridized carbons (Fsp3) is 0.364. The first-order valence-electron chi connectivity index (χ1n) is 9.68. The first-order valence-corrected chi connectivity index (χ1v) is 9.68. The van der Waals surface area contributed by atoms with Crippen LogP contribution in [0.3, 0.4) is 0 Å². The number of rotatable bonds is 5. The number of carbonyl (C=O) groups is 2. The van der Waals surface area contributed by atoms with Crippen molar-refractivity contribution in [2.24, 2.45) is 0 Å². The van der Waals surface area contributed by atoms with Crippen LogP contribution >= 0.6 is 0 Å². The highest BCUT2D eigenvalue weighted by atomic mass is 19.2. The number of nitrogens with zero attached hydrogens (tertiary/aromatic N) is 1. The zero-order valence-corrected chi connectivity index (χ0v) is 16.8. The molecule has 0 spiro atoms. The predicted molar refractivity (Wildman–Crippen MR) is 105 cm³/mol. The molecule has 160 valence electrons. The Balaban J connectivity index is 1.48. The van der Waals surface area contributed by atoms with Crippen molar-refractivity contribution in [3.63, 3.8) is 0 Å². The van der Waals surface area contributed by atoms with Gasteiger partial charge in [0.05, 0.1) is 5.56 Å². The maximum atomic E-state index is 13.8. The van der Waals surface area contributed by atoms with Gasteiger partial charge < -0.3 is 15.0 Å². The molecule has 1 heterocycles. The Bertz CT molecular complexity index is 957. The third kappa shape index (κ3) is 4.93. The van der Waals surface area contributed by atoms with Crippen LogP contribution in [0.25, 0.3) is 0 Å². The molecule has 0 atom stereocenters. The first kappa shape index (κ1) is 21.7. The number of benzene rings is 2. The average Bonchev–Trinajstić information content (AvgIpc) is 2.73. The molecule has 2 aromatic rings. The second-order valence-corrected chi connectivity index (χ2v) is 7.39. The van der Waals surface area contributed by atoms with E-state index in [1.165, 1.54) is 0 Å². The number of likely N-dealkylation sites (tertiary alicyclic amines) is 1. The number of halogens is 3. The SMILES string of the molecule is Cc1ccc(OCC(=O)N2CCC(NC(=O)c3ccc(F)c(F)c3F)CC2)cc1C. The number of amides is 2. The van der Waals surface area contributed by atoms with Crippen LogP contribution in [0.2, 0.25) is 0 Å². The summed E-state index contributed by atoms with van der Waals surface area (Å²) < 4.78 is 45.7. The highest BCUT2D eigenvalue weighted by molar-refractivity contribution is 5.94. The van der Waals surface area contributed by atoms with Gasteiger partial charge in [0.15, 0.2) is 24.1 Å². The summed E-state index contributed by atoms with van der Waals surface area (Å²) in [4.78, 5) is 26.2. The quantitative estimate of drug-likeness (QED) is 0.753. The van der Waals surface area contributed by atoms with Crippen molar-refractivity contribution in [3.05, 3.63) is 64.5 Å². The van der Waals surface area contributed by atoms with Crippen LogP contribution in [0.1, 0.15) is 34.3 Å². The van der Waals surface area contributed by atoms with Gasteiger partial charge in [-0.15, -0.1) is 0 Å². The summed E-state index contributed by atoms with van der Waals surface area (Å²) >= 11 is 0. The number of ether oxygens (including phenoxy) is 1. The Kier molecular flexibility index (Phi) is 6.64. The molecule has 0 aliphatic carbocycles. The number of hydrogen-bond donors (Lipinski definition) is 1. The van der Waals surface area contributed by atoms with E-state index in [4.69, 9.17) is 4.74 Å². The van der Waals surface area contributed by atoms with Crippen LogP contribution < -0.4 is 10.1 Å². The van der Waals surface area contributed by atoms with Gasteiger partial charge in [-0.2, -0.15) is 0 Å². The van der Waals surface area contributed by atoms with Crippen molar-refractivity contribution in [1.29, 1.82) is 0 Å². The number of nitrogens with one attached hydrogen (secondary N) is 1. The minimum absolute atomic E-state index is 0.0837. The van der Waals surface area contributed by atoms with E-state index in [-0.39, 0.29) is 18.6 Å². The number of piperidine rings is 1. The molecule has 5 nitrogen and oxygen atoms in total. The molecule has 0 unspecified atom stereocenters. The Morgan fingerprint density at radius 1 is 1.03 bits per heavy atom. The predicted octanol–water partition coefficient (Wildman–Crippen LogP) is 3.52. The lowest BCUT2D eigenvalue weighted by atomic mass is 10.0. The molecule has 1 saturated heterocycles. The molecule has 0 saturated carbocycles. The number of carbonyl (C=O) groups excluding carboxylic acids is 2. The minimum atomic E-state index is -1.67. The fourth-order valence-corrected chi connectivity index (χ4v) is 3.28. The summed E-state index contributed by atoms with van der Waals surface area (Å²) in [5, 5.41) is 2.61. The molecular weight excluding hydrogens is 397 g/mol. The summed E-state index contributed by atoms with van der Waals surface area (Å²) in [6, 6.07) is 6.95. The lowest BCUT2D eigenvalue weighted by Crippen LogP contribution is -2.47. The molecule has 0 bridgehead atoms. The van der Waals surface area contributed by atoms with Gasteiger partial charge in [-0.1, -0.05) is 6.07 Å². The van der Waals surface area contributed by atoms with Crippen molar-refractivity contribution >= 4 is 11.8 Å².